The molecule has 3 heteroatoms. The second kappa shape index (κ2) is 5.41. The van der Waals surface area contributed by atoms with Gasteiger partial charge in [-0.3, -0.25) is 0 Å². The summed E-state index contributed by atoms with van der Waals surface area (Å²) in [7, 11) is 0. The van der Waals surface area contributed by atoms with Crippen LogP contribution in [0.25, 0.3) is 0 Å². The van der Waals surface area contributed by atoms with Crippen LogP contribution in [0.4, 0.5) is 0 Å². The smallest absolute Gasteiger partial charge is 0.231 e. The molecule has 2 atom stereocenters. The minimum Gasteiger partial charge on any atom is -0.454 e. The summed E-state index contributed by atoms with van der Waals surface area (Å²) in [6.45, 7) is 7.90. The number of rotatable bonds is 5. The molecule has 1 heterocycles. The summed E-state index contributed by atoms with van der Waals surface area (Å²) in [5.41, 5.74) is 1.18. The molecule has 0 saturated heterocycles. The van der Waals surface area contributed by atoms with E-state index in [4.69, 9.17) is 9.47 Å². The van der Waals surface area contributed by atoms with Crippen molar-refractivity contribution in [1.82, 2.24) is 5.32 Å². The molecule has 0 fully saturated rings. The van der Waals surface area contributed by atoms with Crippen LogP contribution in [0.2, 0.25) is 0 Å². The molecule has 2 unspecified atom stereocenters. The van der Waals surface area contributed by atoms with E-state index >= 15 is 0 Å². The van der Waals surface area contributed by atoms with Gasteiger partial charge in [-0.15, -0.1) is 0 Å². The van der Waals surface area contributed by atoms with E-state index < -0.39 is 0 Å². The van der Waals surface area contributed by atoms with Gasteiger partial charge < -0.3 is 14.8 Å². The van der Waals surface area contributed by atoms with Gasteiger partial charge >= 0.3 is 0 Å². The monoisotopic (exact) mass is 235 g/mol. The number of benzene rings is 1. The van der Waals surface area contributed by atoms with E-state index in [0.29, 0.717) is 18.8 Å². The lowest BCUT2D eigenvalue weighted by Crippen LogP contribution is -2.31. The number of hydrogen-bond acceptors (Lipinski definition) is 3. The minimum atomic E-state index is 0.341. The zero-order valence-electron chi connectivity index (χ0n) is 10.8. The Labute approximate surface area is 103 Å². The van der Waals surface area contributed by atoms with Crippen LogP contribution >= 0.6 is 0 Å². The van der Waals surface area contributed by atoms with E-state index in [2.05, 4.69) is 32.2 Å². The zero-order valence-corrected chi connectivity index (χ0v) is 10.8. The number of fused-ring (bicyclic) bond motifs is 1. The average molecular weight is 235 g/mol. The molecule has 0 aliphatic carbocycles. The van der Waals surface area contributed by atoms with Crippen LogP contribution in [-0.4, -0.2) is 12.8 Å². The summed E-state index contributed by atoms with van der Waals surface area (Å²) in [6, 6.07) is 6.56. The van der Waals surface area contributed by atoms with Gasteiger partial charge in [0.25, 0.3) is 0 Å². The van der Waals surface area contributed by atoms with Crippen LogP contribution in [0.1, 0.15) is 32.8 Å². The number of para-hydroxylation sites is 1. The van der Waals surface area contributed by atoms with Crippen LogP contribution < -0.4 is 14.8 Å². The Kier molecular flexibility index (Phi) is 3.89. The fourth-order valence-electron chi connectivity index (χ4n) is 1.96. The standard InChI is InChI=1S/C14H21NO2/c1-4-10(2)11(3)15-8-12-6-5-7-13-14(12)17-9-16-13/h5-7,10-11,15H,4,8-9H2,1-3H3. The van der Waals surface area contributed by atoms with E-state index in [0.717, 1.165) is 18.0 Å². The Morgan fingerprint density at radius 3 is 2.88 bits per heavy atom. The molecule has 17 heavy (non-hydrogen) atoms. The molecule has 0 aromatic heterocycles. The van der Waals surface area contributed by atoms with Crippen molar-refractivity contribution in [3.8, 4) is 11.5 Å². The van der Waals surface area contributed by atoms with Crippen LogP contribution in [-0.2, 0) is 6.54 Å². The Morgan fingerprint density at radius 1 is 1.29 bits per heavy atom. The second-order valence-electron chi connectivity index (χ2n) is 4.71. The minimum absolute atomic E-state index is 0.341. The van der Waals surface area contributed by atoms with Crippen molar-refractivity contribution in [1.29, 1.82) is 0 Å². The molecule has 1 N–H and O–H groups in total. The van der Waals surface area contributed by atoms with Gasteiger partial charge in [-0.1, -0.05) is 32.4 Å². The Morgan fingerprint density at radius 2 is 2.12 bits per heavy atom. The van der Waals surface area contributed by atoms with E-state index in [9.17, 15) is 0 Å². The summed E-state index contributed by atoms with van der Waals surface area (Å²) in [4.78, 5) is 0. The maximum atomic E-state index is 5.49. The highest BCUT2D eigenvalue weighted by molar-refractivity contribution is 5.48. The molecule has 94 valence electrons. The van der Waals surface area contributed by atoms with Gasteiger partial charge in [0.15, 0.2) is 11.5 Å². The first-order valence-corrected chi connectivity index (χ1v) is 6.33. The molecule has 0 saturated carbocycles. The molecule has 3 nitrogen and oxygen atoms in total. The first kappa shape index (κ1) is 12.2. The lowest BCUT2D eigenvalue weighted by molar-refractivity contribution is 0.173. The maximum Gasteiger partial charge on any atom is 0.231 e. The van der Waals surface area contributed by atoms with Gasteiger partial charge in [-0.05, 0) is 18.9 Å². The van der Waals surface area contributed by atoms with E-state index in [1.165, 1.54) is 12.0 Å². The zero-order chi connectivity index (χ0) is 12.3. The molecule has 1 aromatic carbocycles. The Bertz CT molecular complexity index is 378. The Balaban J connectivity index is 1.98. The van der Waals surface area contributed by atoms with Crippen molar-refractivity contribution in [3.63, 3.8) is 0 Å². The maximum absolute atomic E-state index is 5.49. The van der Waals surface area contributed by atoms with Gasteiger partial charge in [-0.25, -0.2) is 0 Å². The molecule has 0 spiro atoms. The van der Waals surface area contributed by atoms with E-state index in [-0.39, 0.29) is 0 Å². The number of hydrogen-bond donors (Lipinski definition) is 1. The predicted molar refractivity (Wildman–Crippen MR) is 68.3 cm³/mol. The summed E-state index contributed by atoms with van der Waals surface area (Å²) in [5.74, 6) is 2.45. The number of nitrogens with one attached hydrogen (secondary N) is 1. The largest absolute Gasteiger partial charge is 0.454 e. The lowest BCUT2D eigenvalue weighted by atomic mass is 10.0. The molecule has 0 bridgehead atoms. The SMILES string of the molecule is CCC(C)C(C)NCc1cccc2c1OCO2. The molecule has 2 rings (SSSR count). The number of ether oxygens (including phenoxy) is 2. The topological polar surface area (TPSA) is 30.5 Å². The average Bonchev–Trinajstić information content (AvgIpc) is 2.83. The molecule has 0 radical (unpaired) electrons. The van der Waals surface area contributed by atoms with Crippen LogP contribution in [0.5, 0.6) is 11.5 Å². The third-order valence-corrected chi connectivity index (χ3v) is 3.59. The van der Waals surface area contributed by atoms with Gasteiger partial charge in [0.2, 0.25) is 6.79 Å². The summed E-state index contributed by atoms with van der Waals surface area (Å²) in [5, 5.41) is 3.54. The Hall–Kier alpha value is -1.22. The van der Waals surface area contributed by atoms with Crippen molar-refractivity contribution < 1.29 is 9.47 Å². The van der Waals surface area contributed by atoms with E-state index in [1.807, 2.05) is 12.1 Å². The van der Waals surface area contributed by atoms with Crippen molar-refractivity contribution in [2.24, 2.45) is 5.92 Å². The van der Waals surface area contributed by atoms with Crippen molar-refractivity contribution in [3.05, 3.63) is 23.8 Å². The van der Waals surface area contributed by atoms with Gasteiger partial charge in [0, 0.05) is 18.2 Å². The molecular weight excluding hydrogens is 214 g/mol. The highest BCUT2D eigenvalue weighted by Gasteiger charge is 2.17. The molecular formula is C14H21NO2. The highest BCUT2D eigenvalue weighted by Crippen LogP contribution is 2.35. The fourth-order valence-corrected chi connectivity index (χ4v) is 1.96. The highest BCUT2D eigenvalue weighted by atomic mass is 16.7. The first-order valence-electron chi connectivity index (χ1n) is 6.33. The van der Waals surface area contributed by atoms with Gasteiger partial charge in [0.05, 0.1) is 0 Å². The van der Waals surface area contributed by atoms with Crippen molar-refractivity contribution in [2.75, 3.05) is 6.79 Å². The molecule has 1 aliphatic rings. The third kappa shape index (κ3) is 2.72. The quantitative estimate of drug-likeness (QED) is 0.851. The lowest BCUT2D eigenvalue weighted by Gasteiger charge is -2.20. The fraction of sp³-hybridized carbons (Fsp3) is 0.571. The molecule has 1 aromatic rings. The normalized spacial score (nSPS) is 16.9. The summed E-state index contributed by atoms with van der Waals surface area (Å²) in [6.07, 6.45) is 1.20. The van der Waals surface area contributed by atoms with Crippen LogP contribution in [0, 0.1) is 5.92 Å². The summed E-state index contributed by atoms with van der Waals surface area (Å²) < 4.78 is 10.9. The predicted octanol–water partition coefficient (Wildman–Crippen LogP) is 2.94. The third-order valence-electron chi connectivity index (χ3n) is 3.59. The van der Waals surface area contributed by atoms with Crippen molar-refractivity contribution >= 4 is 0 Å². The van der Waals surface area contributed by atoms with Gasteiger partial charge in [-0.2, -0.15) is 0 Å². The van der Waals surface area contributed by atoms with Gasteiger partial charge in [0.1, 0.15) is 0 Å². The van der Waals surface area contributed by atoms with Crippen LogP contribution in [0.3, 0.4) is 0 Å². The second-order valence-corrected chi connectivity index (χ2v) is 4.71. The molecule has 1 aliphatic heterocycles. The first-order chi connectivity index (χ1) is 8.22. The van der Waals surface area contributed by atoms with E-state index in [1.54, 1.807) is 0 Å². The van der Waals surface area contributed by atoms with Crippen LogP contribution in [0.15, 0.2) is 18.2 Å². The summed E-state index contributed by atoms with van der Waals surface area (Å²) >= 11 is 0. The molecule has 0 amide bonds. The van der Waals surface area contributed by atoms with Crippen molar-refractivity contribution in [2.45, 2.75) is 39.8 Å².